The van der Waals surface area contributed by atoms with Crippen LogP contribution < -0.4 is 37.1 Å². The molecule has 0 aliphatic rings. The van der Waals surface area contributed by atoms with Gasteiger partial charge in [-0.2, -0.15) is 0 Å². The summed E-state index contributed by atoms with van der Waals surface area (Å²) in [5.41, 5.74) is 1.29. The van der Waals surface area contributed by atoms with E-state index in [0.29, 0.717) is 45.0 Å². The van der Waals surface area contributed by atoms with Crippen LogP contribution >= 0.6 is 0 Å². The molecule has 218 valence electrons. The summed E-state index contributed by atoms with van der Waals surface area (Å²) in [5, 5.41) is 14.8. The van der Waals surface area contributed by atoms with Crippen molar-refractivity contribution < 1.29 is 35.9 Å². The highest BCUT2D eigenvalue weighted by molar-refractivity contribution is 5.76. The smallest absolute Gasteiger partial charge is 0.421 e. The molecule has 0 radical (unpaired) electrons. The summed E-state index contributed by atoms with van der Waals surface area (Å²) in [5.74, 6) is 0.776. The molecule has 1 aromatic carbocycles. The number of nitrogens with zero attached hydrogens (tertiary/aromatic N) is 5. The molecule has 39 heavy (non-hydrogen) atoms. The number of hydrogen-bond acceptors (Lipinski definition) is 6. The number of rotatable bonds is 12. The van der Waals surface area contributed by atoms with Crippen LogP contribution in [0.15, 0.2) is 46.9 Å². The van der Waals surface area contributed by atoms with Gasteiger partial charge >= 0.3 is 12.0 Å². The van der Waals surface area contributed by atoms with Crippen LogP contribution in [0.5, 0.6) is 0 Å². The molecule has 2 rings (SSSR count). The van der Waals surface area contributed by atoms with Crippen LogP contribution in [-0.2, 0) is 22.6 Å². The number of alkyl carbamates (subject to hydrolysis) is 1. The highest BCUT2D eigenvalue weighted by atomic mass is 79.9. The van der Waals surface area contributed by atoms with Crippen molar-refractivity contribution in [1.29, 1.82) is 0 Å². The first kappa shape index (κ1) is 34.1. The first-order valence-corrected chi connectivity index (χ1v) is 13.2. The van der Waals surface area contributed by atoms with Crippen molar-refractivity contribution in [2.75, 3.05) is 32.1 Å². The topological polar surface area (TPSA) is 104 Å². The Bertz CT molecular complexity index is 1010. The number of hydrogen-bond donors (Lipinski definition) is 2. The number of benzene rings is 1. The van der Waals surface area contributed by atoms with E-state index in [1.165, 1.54) is 0 Å². The number of carbonyl (C=O) groups is 2. The average Bonchev–Trinajstić information content (AvgIpc) is 3.17. The summed E-state index contributed by atoms with van der Waals surface area (Å²) < 4.78 is 9.36. The molecule has 2 aromatic rings. The molecular formula is C28H46BrN7O3. The predicted molar refractivity (Wildman–Crippen MR) is 150 cm³/mol. The lowest BCUT2D eigenvalue weighted by molar-refractivity contribution is -0.683. The number of amides is 2. The van der Waals surface area contributed by atoms with Crippen molar-refractivity contribution in [3.05, 3.63) is 36.7 Å². The first-order chi connectivity index (χ1) is 17.7. The van der Waals surface area contributed by atoms with E-state index >= 15 is 0 Å². The third-order valence-corrected chi connectivity index (χ3v) is 5.39. The molecule has 2 amide bonds. The molecule has 2 N–H and O–H groups in total. The van der Waals surface area contributed by atoms with Gasteiger partial charge < -0.3 is 37.3 Å². The van der Waals surface area contributed by atoms with Crippen molar-refractivity contribution in [3.8, 4) is 0 Å². The zero-order valence-corrected chi connectivity index (χ0v) is 26.3. The monoisotopic (exact) mass is 607 g/mol. The van der Waals surface area contributed by atoms with Gasteiger partial charge in [0.05, 0.1) is 25.5 Å². The lowest BCUT2D eigenvalue weighted by Gasteiger charge is -2.19. The number of halogens is 1. The number of aryl methyl sites for hydroxylation is 2. The van der Waals surface area contributed by atoms with Crippen LogP contribution in [0.4, 0.5) is 22.1 Å². The van der Waals surface area contributed by atoms with Gasteiger partial charge in [0.1, 0.15) is 11.3 Å². The predicted octanol–water partition coefficient (Wildman–Crippen LogP) is 2.12. The summed E-state index contributed by atoms with van der Waals surface area (Å²) in [6.45, 7) is 14.1. The fourth-order valence-electron chi connectivity index (χ4n) is 3.62. The molecule has 0 bridgehead atoms. The van der Waals surface area contributed by atoms with Gasteiger partial charge in [0.25, 0.3) is 0 Å². The molecule has 1 aromatic heterocycles. The molecular weight excluding hydrogens is 562 g/mol. The number of imidazole rings is 1. The number of azo groups is 1. The molecule has 0 aliphatic heterocycles. The van der Waals surface area contributed by atoms with Gasteiger partial charge in [-0.3, -0.25) is 4.79 Å². The third kappa shape index (κ3) is 13.6. The second-order valence-corrected chi connectivity index (χ2v) is 11.8. The van der Waals surface area contributed by atoms with E-state index in [-0.39, 0.29) is 28.3 Å². The normalized spacial score (nSPS) is 11.7. The lowest BCUT2D eigenvalue weighted by atomic mass is 9.92. The van der Waals surface area contributed by atoms with E-state index in [1.807, 2.05) is 85.6 Å². The summed E-state index contributed by atoms with van der Waals surface area (Å²) in [6, 6.07) is 7.88. The molecule has 0 fully saturated rings. The number of anilines is 1. The van der Waals surface area contributed by atoms with E-state index < -0.39 is 11.7 Å². The van der Waals surface area contributed by atoms with Crippen LogP contribution in [0.3, 0.4) is 0 Å². The minimum Gasteiger partial charge on any atom is -1.00 e. The van der Waals surface area contributed by atoms with Gasteiger partial charge in [0, 0.05) is 44.4 Å². The third-order valence-electron chi connectivity index (χ3n) is 5.39. The standard InChI is InChI=1S/C28H45N7O3.BrH/c1-27(2,3)21-24(36)29-15-9-17-34-19-20-35(18-10-16-30-26(37)38-28(4,5)6)25(34)32-31-22-11-13-23(14-12-22)33(7)8;/h11-14,19-20H,9-10,15-18,21H2,1-8H3,(H-,29,30,36,37);1H. The van der Waals surface area contributed by atoms with Crippen LogP contribution in [-0.4, -0.2) is 49.4 Å². The Morgan fingerprint density at radius 1 is 0.974 bits per heavy atom. The molecule has 0 saturated heterocycles. The van der Waals surface area contributed by atoms with Crippen LogP contribution in [0.2, 0.25) is 0 Å². The molecule has 0 spiro atoms. The van der Waals surface area contributed by atoms with E-state index in [2.05, 4.69) is 41.6 Å². The van der Waals surface area contributed by atoms with E-state index in [1.54, 1.807) is 0 Å². The van der Waals surface area contributed by atoms with Gasteiger partial charge in [-0.25, -0.2) is 13.9 Å². The molecule has 0 saturated carbocycles. The first-order valence-electron chi connectivity index (χ1n) is 13.2. The Hall–Kier alpha value is -2.95. The Balaban J connectivity index is 0.00000760. The molecule has 0 atom stereocenters. The molecule has 0 aliphatic carbocycles. The SMILES string of the molecule is CN(C)c1ccc(N=Nc2n(CCCNC(=O)CC(C)(C)C)cc[n+]2CCCNC(=O)OC(C)(C)C)cc1.[Br-]. The quantitative estimate of drug-likeness (QED) is 0.219. The van der Waals surface area contributed by atoms with Crippen molar-refractivity contribution in [2.45, 2.75) is 79.5 Å². The largest absolute Gasteiger partial charge is 1.00 e. The van der Waals surface area contributed by atoms with Gasteiger partial charge in [0.15, 0.2) is 0 Å². The van der Waals surface area contributed by atoms with Gasteiger partial charge in [-0.1, -0.05) is 25.9 Å². The van der Waals surface area contributed by atoms with Crippen LogP contribution in [0, 0.1) is 5.41 Å². The minimum absolute atomic E-state index is 0. The molecule has 1 heterocycles. The number of nitrogens with one attached hydrogen (secondary N) is 2. The zero-order valence-electron chi connectivity index (χ0n) is 24.8. The summed E-state index contributed by atoms with van der Waals surface area (Å²) in [7, 11) is 3.99. The van der Waals surface area contributed by atoms with Gasteiger partial charge in [-0.05, 0) is 63.3 Å². The summed E-state index contributed by atoms with van der Waals surface area (Å²) in [6.07, 6.45) is 5.49. The highest BCUT2D eigenvalue weighted by Gasteiger charge is 2.19. The van der Waals surface area contributed by atoms with Crippen molar-refractivity contribution in [3.63, 3.8) is 0 Å². The maximum atomic E-state index is 12.1. The Kier molecular flexibility index (Phi) is 13.6. The molecule has 11 heteroatoms. The fraction of sp³-hybridized carbons (Fsp3) is 0.607. The molecule has 10 nitrogen and oxygen atoms in total. The van der Waals surface area contributed by atoms with E-state index in [4.69, 9.17) is 4.74 Å². The highest BCUT2D eigenvalue weighted by Crippen LogP contribution is 2.21. The second-order valence-electron chi connectivity index (χ2n) is 11.8. The summed E-state index contributed by atoms with van der Waals surface area (Å²) >= 11 is 0. The maximum Gasteiger partial charge on any atom is 0.421 e. The van der Waals surface area contributed by atoms with E-state index in [0.717, 1.165) is 17.8 Å². The van der Waals surface area contributed by atoms with Crippen LogP contribution in [0.25, 0.3) is 0 Å². The maximum absolute atomic E-state index is 12.1. The number of carbonyl (C=O) groups excluding carboxylic acids is 2. The molecule has 0 unspecified atom stereocenters. The Morgan fingerprint density at radius 3 is 2.21 bits per heavy atom. The Labute approximate surface area is 244 Å². The zero-order chi connectivity index (χ0) is 28.3. The fourth-order valence-corrected chi connectivity index (χ4v) is 3.62. The summed E-state index contributed by atoms with van der Waals surface area (Å²) in [4.78, 5) is 26.1. The van der Waals surface area contributed by atoms with Crippen LogP contribution in [0.1, 0.15) is 60.8 Å². The van der Waals surface area contributed by atoms with Gasteiger partial charge in [-0.15, -0.1) is 0 Å². The minimum atomic E-state index is -0.527. The number of aromatic nitrogens is 2. The van der Waals surface area contributed by atoms with Crippen molar-refractivity contribution in [2.24, 2.45) is 15.6 Å². The Morgan fingerprint density at radius 2 is 1.62 bits per heavy atom. The number of ether oxygens (including phenoxy) is 1. The van der Waals surface area contributed by atoms with Crippen molar-refractivity contribution in [1.82, 2.24) is 15.2 Å². The van der Waals surface area contributed by atoms with Crippen molar-refractivity contribution >= 4 is 29.3 Å². The van der Waals surface area contributed by atoms with E-state index in [9.17, 15) is 9.59 Å². The average molecular weight is 609 g/mol. The van der Waals surface area contributed by atoms with Gasteiger partial charge in [0.2, 0.25) is 5.91 Å². The lowest BCUT2D eigenvalue weighted by Crippen LogP contribution is -3.00. The second kappa shape index (κ2) is 15.6.